The quantitative estimate of drug-likeness (QED) is 0.144. The Labute approximate surface area is 374 Å². The van der Waals surface area contributed by atoms with Crippen LogP contribution in [0.25, 0.3) is 11.3 Å². The number of nitrogens with zero attached hydrogens (tertiary/aromatic N) is 8. The van der Waals surface area contributed by atoms with Crippen molar-refractivity contribution in [3.8, 4) is 23.1 Å². The minimum Gasteiger partial charge on any atom is -0.489 e. The molecule has 12 nitrogen and oxygen atoms in total. The van der Waals surface area contributed by atoms with Crippen molar-refractivity contribution in [1.82, 2.24) is 19.9 Å². The maximum atomic E-state index is 12.8. The van der Waals surface area contributed by atoms with E-state index in [0.29, 0.717) is 45.9 Å². The highest BCUT2D eigenvalue weighted by atomic mass is 35.5. The zero-order chi connectivity index (χ0) is 44.2. The Morgan fingerprint density at radius 1 is 0.905 bits per heavy atom. The molecule has 63 heavy (non-hydrogen) atoms. The minimum atomic E-state index is -0.547. The molecular weight excluding hydrogens is 810 g/mol. The number of pyridine rings is 2. The first-order valence-electron chi connectivity index (χ1n) is 22.1. The molecule has 0 bridgehead atoms. The molecule has 4 aliphatic rings. The van der Waals surface area contributed by atoms with E-state index < -0.39 is 16.7 Å². The number of aryl methyl sites for hydroxylation is 3. The first kappa shape index (κ1) is 42.3. The highest BCUT2D eigenvalue weighted by Gasteiger charge is 2.65. The summed E-state index contributed by atoms with van der Waals surface area (Å²) in [5.74, 6) is 1.24. The van der Waals surface area contributed by atoms with Crippen LogP contribution < -0.4 is 25.2 Å². The number of primary amides is 1. The van der Waals surface area contributed by atoms with Crippen molar-refractivity contribution in [3.63, 3.8) is 0 Å². The topological polar surface area (TPSA) is 154 Å². The summed E-state index contributed by atoms with van der Waals surface area (Å²) in [7, 11) is 1.86. The second kappa shape index (κ2) is 16.6. The summed E-state index contributed by atoms with van der Waals surface area (Å²) in [6, 6.07) is 20.2. The maximum absolute atomic E-state index is 12.8. The van der Waals surface area contributed by atoms with Crippen LogP contribution in [0.1, 0.15) is 104 Å². The lowest BCUT2D eigenvalue weighted by atomic mass is 9.44. The van der Waals surface area contributed by atoms with E-state index in [1.54, 1.807) is 29.3 Å². The number of halogens is 1. The lowest BCUT2D eigenvalue weighted by Gasteiger charge is -2.63. The van der Waals surface area contributed by atoms with Crippen molar-refractivity contribution in [2.24, 2.45) is 22.5 Å². The monoisotopic (exact) mass is 863 g/mol. The van der Waals surface area contributed by atoms with E-state index >= 15 is 0 Å². The third-order valence-electron chi connectivity index (χ3n) is 14.1. The van der Waals surface area contributed by atoms with Gasteiger partial charge in [0.2, 0.25) is 11.9 Å². The Balaban J connectivity index is 0.815. The average Bonchev–Trinajstić information content (AvgIpc) is 3.28. The number of benzene rings is 2. The normalized spacial score (nSPS) is 20.3. The van der Waals surface area contributed by atoms with E-state index in [4.69, 9.17) is 37.0 Å². The van der Waals surface area contributed by atoms with Gasteiger partial charge in [0.25, 0.3) is 5.91 Å². The fourth-order valence-corrected chi connectivity index (χ4v) is 11.3. The van der Waals surface area contributed by atoms with Crippen LogP contribution in [0, 0.1) is 28.1 Å². The molecule has 3 aromatic heterocycles. The van der Waals surface area contributed by atoms with Crippen molar-refractivity contribution >= 4 is 46.4 Å². The molecule has 2 aromatic carbocycles. The predicted molar refractivity (Wildman–Crippen MR) is 246 cm³/mol. The molecule has 1 aliphatic carbocycles. The van der Waals surface area contributed by atoms with Gasteiger partial charge in [0.15, 0.2) is 0 Å². The fraction of sp³-hybridized carbons (Fsp3) is 0.420. The highest BCUT2D eigenvalue weighted by molar-refractivity contribution is 6.31. The van der Waals surface area contributed by atoms with Gasteiger partial charge in [-0.25, -0.2) is 9.97 Å². The third-order valence-corrected chi connectivity index (χ3v) is 14.4. The number of nitriles is 1. The van der Waals surface area contributed by atoms with E-state index in [1.165, 1.54) is 11.1 Å². The van der Waals surface area contributed by atoms with Gasteiger partial charge >= 0.3 is 0 Å². The third kappa shape index (κ3) is 7.86. The molecular formula is C50H54ClN9O3. The molecule has 3 aliphatic heterocycles. The number of piperidine rings is 1. The molecule has 2 fully saturated rings. The SMILES string of the molecule is CN1C(=O)CCc2cc(N3CCCc4cc(-c5ccc(CCC6CCN(c7ncc(C(N)=O)c(C8C(C)(C)C(Oc9ccc(C#N)c(Cl)c9)C8(C)C)n7)CC6)nc5)ncc43)ccc21. The number of carbonyl (C=O) groups is 2. The van der Waals surface area contributed by atoms with E-state index in [9.17, 15) is 14.9 Å². The van der Waals surface area contributed by atoms with Crippen molar-refractivity contribution in [2.45, 2.75) is 91.1 Å². The molecule has 0 spiro atoms. The number of amides is 2. The Kier molecular flexibility index (Phi) is 11.1. The van der Waals surface area contributed by atoms with Crippen LogP contribution in [-0.2, 0) is 24.1 Å². The van der Waals surface area contributed by atoms with Crippen LogP contribution >= 0.6 is 11.6 Å². The van der Waals surface area contributed by atoms with Gasteiger partial charge in [0, 0.05) is 90.9 Å². The second-order valence-electron chi connectivity index (χ2n) is 18.9. The van der Waals surface area contributed by atoms with Crippen LogP contribution in [0.2, 0.25) is 5.02 Å². The van der Waals surface area contributed by atoms with E-state index in [-0.39, 0.29) is 17.9 Å². The van der Waals surface area contributed by atoms with Crippen LogP contribution in [0.5, 0.6) is 5.75 Å². The Morgan fingerprint density at radius 2 is 1.68 bits per heavy atom. The number of aromatic nitrogens is 4. The van der Waals surface area contributed by atoms with Crippen LogP contribution in [0.4, 0.5) is 23.0 Å². The fourth-order valence-electron chi connectivity index (χ4n) is 11.1. The van der Waals surface area contributed by atoms with Crippen molar-refractivity contribution in [2.75, 3.05) is 41.4 Å². The number of hydrogen-bond donors (Lipinski definition) is 1. The Hall–Kier alpha value is -6.06. The number of hydrogen-bond acceptors (Lipinski definition) is 10. The lowest BCUT2D eigenvalue weighted by Crippen LogP contribution is -2.64. The zero-order valence-corrected chi connectivity index (χ0v) is 37.5. The standard InChI is InChI=1S/C50H54ClN9O3/c1-49(2)45(50(3,4)47(49)63-37-15-10-33(26-52)39(51)25-37)44-38(46(53)62)28-56-48(57-44)59-21-18-30(19-22-59)8-12-35-13-9-34(27-54-35)40-24-31-7-6-20-60(42(31)29-55-40)36-14-16-41-32(23-36)11-17-43(61)58(41)5/h9-10,13-16,23-25,27-30,45,47H,6-8,11-12,17-22H2,1-5H3,(H2,53,62). The smallest absolute Gasteiger partial charge is 0.252 e. The summed E-state index contributed by atoms with van der Waals surface area (Å²) in [5.41, 5.74) is 15.3. The first-order valence-corrected chi connectivity index (χ1v) is 22.5. The molecule has 0 radical (unpaired) electrons. The lowest BCUT2D eigenvalue weighted by molar-refractivity contribution is -0.161. The summed E-state index contributed by atoms with van der Waals surface area (Å²) in [5, 5.41) is 9.66. The van der Waals surface area contributed by atoms with Gasteiger partial charge in [-0.1, -0.05) is 39.3 Å². The molecule has 0 unspecified atom stereocenters. The number of nitrogens with two attached hydrogens (primary N) is 1. The summed E-state index contributed by atoms with van der Waals surface area (Å²) in [6.07, 6.45) is 12.7. The molecule has 1 saturated heterocycles. The van der Waals surface area contributed by atoms with Gasteiger partial charge in [-0.3, -0.25) is 19.6 Å². The Bertz CT molecular complexity index is 2620. The van der Waals surface area contributed by atoms with Gasteiger partial charge in [-0.15, -0.1) is 0 Å². The molecule has 0 atom stereocenters. The predicted octanol–water partition coefficient (Wildman–Crippen LogP) is 9.00. The van der Waals surface area contributed by atoms with Gasteiger partial charge in [-0.05, 0) is 111 Å². The number of ether oxygens (including phenoxy) is 1. The van der Waals surface area contributed by atoms with Gasteiger partial charge in [-0.2, -0.15) is 5.26 Å². The summed E-state index contributed by atoms with van der Waals surface area (Å²) >= 11 is 6.33. The van der Waals surface area contributed by atoms with Crippen LogP contribution in [0.3, 0.4) is 0 Å². The van der Waals surface area contributed by atoms with Crippen LogP contribution in [0.15, 0.2) is 73.2 Å². The number of fused-ring (bicyclic) bond motifs is 2. The molecule has 2 amide bonds. The minimum absolute atomic E-state index is 0.138. The molecule has 6 heterocycles. The number of anilines is 4. The zero-order valence-electron chi connectivity index (χ0n) is 36.7. The van der Waals surface area contributed by atoms with Gasteiger partial charge in [0.1, 0.15) is 17.9 Å². The highest BCUT2D eigenvalue weighted by Crippen LogP contribution is 2.65. The Morgan fingerprint density at radius 3 is 2.40 bits per heavy atom. The summed E-state index contributed by atoms with van der Waals surface area (Å²) in [6.45, 7) is 11.1. The number of carbonyl (C=O) groups excluding carboxylic acids is 2. The van der Waals surface area contributed by atoms with Crippen molar-refractivity contribution in [3.05, 3.63) is 112 Å². The van der Waals surface area contributed by atoms with E-state index in [2.05, 4.69) is 84.9 Å². The van der Waals surface area contributed by atoms with Gasteiger partial charge < -0.3 is 25.2 Å². The van der Waals surface area contributed by atoms with E-state index in [1.807, 2.05) is 19.4 Å². The summed E-state index contributed by atoms with van der Waals surface area (Å²) < 4.78 is 6.52. The number of rotatable bonds is 10. The summed E-state index contributed by atoms with van der Waals surface area (Å²) in [4.78, 5) is 50.9. The molecule has 5 aromatic rings. The van der Waals surface area contributed by atoms with E-state index in [0.717, 1.165) is 98.6 Å². The van der Waals surface area contributed by atoms with Crippen molar-refractivity contribution in [1.29, 1.82) is 5.26 Å². The van der Waals surface area contributed by atoms with Crippen LogP contribution in [-0.4, -0.2) is 64.5 Å². The average molecular weight is 864 g/mol. The first-order chi connectivity index (χ1) is 30.2. The molecule has 1 saturated carbocycles. The maximum Gasteiger partial charge on any atom is 0.252 e. The largest absolute Gasteiger partial charge is 0.489 e. The second-order valence-corrected chi connectivity index (χ2v) is 19.3. The van der Waals surface area contributed by atoms with Crippen molar-refractivity contribution < 1.29 is 14.3 Å². The molecule has 13 heteroatoms. The molecule has 2 N–H and O–H groups in total. The van der Waals surface area contributed by atoms with Gasteiger partial charge in [0.05, 0.1) is 39.4 Å². The molecule has 9 rings (SSSR count). The molecule has 324 valence electrons.